The minimum Gasteiger partial charge on any atom is -0.357 e. The van der Waals surface area contributed by atoms with Gasteiger partial charge in [0.15, 0.2) is 5.69 Å². The van der Waals surface area contributed by atoms with Crippen molar-refractivity contribution in [2.75, 3.05) is 45.2 Å². The van der Waals surface area contributed by atoms with Crippen molar-refractivity contribution in [3.8, 4) is 0 Å². The van der Waals surface area contributed by atoms with Gasteiger partial charge in [0.1, 0.15) is 6.23 Å². The van der Waals surface area contributed by atoms with Gasteiger partial charge in [-0.05, 0) is 38.4 Å². The van der Waals surface area contributed by atoms with E-state index < -0.39 is 0 Å². The number of piperazine rings is 1. The van der Waals surface area contributed by atoms with Crippen molar-refractivity contribution >= 4 is 11.6 Å². The standard InChI is InChI=1S/C20H28N6O2/c1-24-8-10-25(11-9-24)14-16-15-26(18-6-2-3-12-28-18)23-19(16)20(27)22-17-5-4-7-21-13-17/h4-5,7,13,15,18H,2-3,6,8-12,14H2,1H3,(H,22,27). The van der Waals surface area contributed by atoms with Crippen LogP contribution in [0.25, 0.3) is 0 Å². The number of nitrogens with zero attached hydrogens (tertiary/aromatic N) is 5. The molecule has 2 fully saturated rings. The Bertz CT molecular complexity index is 779. The second kappa shape index (κ2) is 8.81. The average molecular weight is 384 g/mol. The highest BCUT2D eigenvalue weighted by atomic mass is 16.5. The largest absolute Gasteiger partial charge is 0.357 e. The molecule has 0 spiro atoms. The fraction of sp³-hybridized carbons (Fsp3) is 0.550. The lowest BCUT2D eigenvalue weighted by Gasteiger charge is -2.32. The maximum absolute atomic E-state index is 12.9. The molecule has 2 aliphatic rings. The van der Waals surface area contributed by atoms with Crippen molar-refractivity contribution in [1.82, 2.24) is 24.6 Å². The molecule has 4 heterocycles. The molecule has 2 aromatic heterocycles. The summed E-state index contributed by atoms with van der Waals surface area (Å²) in [7, 11) is 2.14. The van der Waals surface area contributed by atoms with Crippen molar-refractivity contribution in [2.45, 2.75) is 32.0 Å². The van der Waals surface area contributed by atoms with Crippen LogP contribution in [0.1, 0.15) is 41.5 Å². The van der Waals surface area contributed by atoms with Gasteiger partial charge in [-0.2, -0.15) is 5.10 Å². The summed E-state index contributed by atoms with van der Waals surface area (Å²) in [5.74, 6) is -0.202. The molecular weight excluding hydrogens is 356 g/mol. The molecule has 2 aliphatic heterocycles. The molecule has 28 heavy (non-hydrogen) atoms. The topological polar surface area (TPSA) is 75.5 Å². The van der Waals surface area contributed by atoms with Gasteiger partial charge in [-0.25, -0.2) is 4.68 Å². The summed E-state index contributed by atoms with van der Waals surface area (Å²) in [4.78, 5) is 21.7. The van der Waals surface area contributed by atoms with Crippen LogP contribution in [0.3, 0.4) is 0 Å². The quantitative estimate of drug-likeness (QED) is 0.850. The maximum Gasteiger partial charge on any atom is 0.276 e. The number of pyridine rings is 1. The predicted octanol–water partition coefficient (Wildman–Crippen LogP) is 1.98. The molecule has 0 saturated carbocycles. The van der Waals surface area contributed by atoms with Crippen LogP contribution in [-0.4, -0.2) is 70.3 Å². The normalized spacial score (nSPS) is 21.5. The van der Waals surface area contributed by atoms with Crippen molar-refractivity contribution in [3.63, 3.8) is 0 Å². The third-order valence-electron chi connectivity index (χ3n) is 5.38. The molecule has 1 amide bonds. The lowest BCUT2D eigenvalue weighted by atomic mass is 10.2. The van der Waals surface area contributed by atoms with E-state index in [0.29, 0.717) is 11.4 Å². The zero-order chi connectivity index (χ0) is 19.3. The van der Waals surface area contributed by atoms with E-state index in [4.69, 9.17) is 4.74 Å². The van der Waals surface area contributed by atoms with Crippen LogP contribution in [-0.2, 0) is 11.3 Å². The van der Waals surface area contributed by atoms with E-state index in [9.17, 15) is 4.79 Å². The third kappa shape index (κ3) is 4.57. The van der Waals surface area contributed by atoms with Crippen molar-refractivity contribution in [3.05, 3.63) is 42.0 Å². The molecule has 2 aromatic rings. The summed E-state index contributed by atoms with van der Waals surface area (Å²) in [5, 5.41) is 7.55. The van der Waals surface area contributed by atoms with Crippen LogP contribution < -0.4 is 5.32 Å². The molecule has 0 radical (unpaired) electrons. The predicted molar refractivity (Wildman–Crippen MR) is 106 cm³/mol. The first kappa shape index (κ1) is 19.0. The molecule has 8 heteroatoms. The fourth-order valence-corrected chi connectivity index (χ4v) is 3.69. The molecule has 2 saturated heterocycles. The Balaban J connectivity index is 1.55. The third-order valence-corrected chi connectivity index (χ3v) is 5.38. The molecule has 1 atom stereocenters. The Hall–Kier alpha value is -2.29. The number of carbonyl (C=O) groups excluding carboxylic acids is 1. The van der Waals surface area contributed by atoms with Gasteiger partial charge in [-0.3, -0.25) is 14.7 Å². The SMILES string of the molecule is CN1CCN(Cc2cn(C3CCCCO3)nc2C(=O)Nc2cccnc2)CC1. The Labute approximate surface area is 165 Å². The van der Waals surface area contributed by atoms with Crippen LogP contribution in [0.15, 0.2) is 30.7 Å². The van der Waals surface area contributed by atoms with Gasteiger partial charge in [-0.15, -0.1) is 0 Å². The molecule has 1 N–H and O–H groups in total. The lowest BCUT2D eigenvalue weighted by molar-refractivity contribution is -0.0396. The summed E-state index contributed by atoms with van der Waals surface area (Å²) >= 11 is 0. The van der Waals surface area contributed by atoms with Crippen LogP contribution in [0, 0.1) is 0 Å². The number of carbonyl (C=O) groups is 1. The summed E-state index contributed by atoms with van der Waals surface area (Å²) in [6, 6.07) is 3.63. The fourth-order valence-electron chi connectivity index (χ4n) is 3.69. The summed E-state index contributed by atoms with van der Waals surface area (Å²) in [6.45, 7) is 5.52. The number of aromatic nitrogens is 3. The summed E-state index contributed by atoms with van der Waals surface area (Å²) in [6.07, 6.45) is 8.37. The maximum atomic E-state index is 12.9. The van der Waals surface area contributed by atoms with Gasteiger partial charge in [0.25, 0.3) is 5.91 Å². The Morgan fingerprint density at radius 3 is 2.86 bits per heavy atom. The smallest absolute Gasteiger partial charge is 0.276 e. The van der Waals surface area contributed by atoms with Gasteiger partial charge in [0.2, 0.25) is 0 Å². The van der Waals surface area contributed by atoms with E-state index in [1.165, 1.54) is 0 Å². The van der Waals surface area contributed by atoms with Gasteiger partial charge in [0.05, 0.1) is 11.9 Å². The number of ether oxygens (including phenoxy) is 1. The van der Waals surface area contributed by atoms with E-state index in [2.05, 4.69) is 32.2 Å². The van der Waals surface area contributed by atoms with Crippen LogP contribution in [0.4, 0.5) is 5.69 Å². The monoisotopic (exact) mass is 384 g/mol. The van der Waals surface area contributed by atoms with E-state index in [1.54, 1.807) is 18.5 Å². The molecule has 1 unspecified atom stereocenters. The first-order valence-corrected chi connectivity index (χ1v) is 10.0. The highest BCUT2D eigenvalue weighted by Gasteiger charge is 2.24. The number of amides is 1. The summed E-state index contributed by atoms with van der Waals surface area (Å²) < 4.78 is 7.71. The highest BCUT2D eigenvalue weighted by Crippen LogP contribution is 2.24. The number of hydrogen-bond donors (Lipinski definition) is 1. The molecule has 0 aromatic carbocycles. The van der Waals surface area contributed by atoms with Crippen LogP contribution in [0.5, 0.6) is 0 Å². The summed E-state index contributed by atoms with van der Waals surface area (Å²) in [5.41, 5.74) is 2.08. The van der Waals surface area contributed by atoms with Gasteiger partial charge in [0, 0.05) is 57.3 Å². The molecule has 4 rings (SSSR count). The minimum absolute atomic E-state index is 0.0834. The van der Waals surface area contributed by atoms with Crippen LogP contribution >= 0.6 is 0 Å². The molecule has 0 aliphatic carbocycles. The Kier molecular flexibility index (Phi) is 5.99. The highest BCUT2D eigenvalue weighted by molar-refractivity contribution is 6.03. The van der Waals surface area contributed by atoms with E-state index >= 15 is 0 Å². The minimum atomic E-state index is -0.202. The number of likely N-dealkylation sites (N-methyl/N-ethyl adjacent to an activating group) is 1. The van der Waals surface area contributed by atoms with E-state index in [0.717, 1.165) is 64.2 Å². The first-order chi connectivity index (χ1) is 13.7. The molecule has 0 bridgehead atoms. The van der Waals surface area contributed by atoms with E-state index in [-0.39, 0.29) is 12.1 Å². The van der Waals surface area contributed by atoms with Crippen molar-refractivity contribution in [1.29, 1.82) is 0 Å². The van der Waals surface area contributed by atoms with Crippen molar-refractivity contribution in [2.24, 2.45) is 0 Å². The number of rotatable bonds is 5. The number of hydrogen-bond acceptors (Lipinski definition) is 6. The van der Waals surface area contributed by atoms with Crippen molar-refractivity contribution < 1.29 is 9.53 Å². The zero-order valence-corrected chi connectivity index (χ0v) is 16.4. The number of nitrogens with one attached hydrogen (secondary N) is 1. The van der Waals surface area contributed by atoms with E-state index in [1.807, 2.05) is 16.9 Å². The molecule has 150 valence electrons. The zero-order valence-electron chi connectivity index (χ0n) is 16.4. The number of anilines is 1. The van der Waals surface area contributed by atoms with Gasteiger partial charge < -0.3 is 15.0 Å². The lowest BCUT2D eigenvalue weighted by Crippen LogP contribution is -2.44. The Morgan fingerprint density at radius 1 is 1.29 bits per heavy atom. The second-order valence-corrected chi connectivity index (χ2v) is 7.58. The van der Waals surface area contributed by atoms with Gasteiger partial charge in [-0.1, -0.05) is 0 Å². The first-order valence-electron chi connectivity index (χ1n) is 10.0. The van der Waals surface area contributed by atoms with Crippen LogP contribution in [0.2, 0.25) is 0 Å². The Morgan fingerprint density at radius 2 is 2.14 bits per heavy atom. The van der Waals surface area contributed by atoms with Gasteiger partial charge >= 0.3 is 0 Å². The molecular formula is C20H28N6O2. The average Bonchev–Trinajstić information content (AvgIpc) is 3.15. The molecule has 8 nitrogen and oxygen atoms in total. The second-order valence-electron chi connectivity index (χ2n) is 7.58.